The first-order valence-electron chi connectivity index (χ1n) is 10.2. The summed E-state index contributed by atoms with van der Waals surface area (Å²) in [6, 6.07) is 5.18. The number of likely N-dealkylation sites (tertiary alicyclic amines) is 1. The lowest BCUT2D eigenvalue weighted by molar-refractivity contribution is -0.180. The molecule has 3 fully saturated rings. The molecule has 1 aromatic carbocycles. The molecule has 0 unspecified atom stereocenters. The number of ether oxygens (including phenoxy) is 1. The maximum Gasteiger partial charge on any atom is 0.322 e. The maximum atomic E-state index is 13.2. The summed E-state index contributed by atoms with van der Waals surface area (Å²) in [5, 5.41) is 17.3. The fourth-order valence-electron chi connectivity index (χ4n) is 6.46. The molecule has 0 aromatic heterocycles. The number of hydrogen-bond donors (Lipinski definition) is 3. The van der Waals surface area contributed by atoms with Gasteiger partial charge in [0.15, 0.2) is 0 Å². The van der Waals surface area contributed by atoms with Gasteiger partial charge in [-0.1, -0.05) is 6.07 Å². The summed E-state index contributed by atoms with van der Waals surface area (Å²) in [6.07, 6.45) is 2.27. The van der Waals surface area contributed by atoms with Crippen LogP contribution in [0.25, 0.3) is 0 Å². The highest BCUT2D eigenvalue weighted by Crippen LogP contribution is 2.60. The van der Waals surface area contributed by atoms with Crippen LogP contribution in [0.15, 0.2) is 18.2 Å². The van der Waals surface area contributed by atoms with E-state index in [0.717, 1.165) is 11.1 Å². The van der Waals surface area contributed by atoms with Gasteiger partial charge in [0.05, 0.1) is 12.7 Å². The molecular weight excluding hydrogens is 377 g/mol. The summed E-state index contributed by atoms with van der Waals surface area (Å²) < 4.78 is 18.7. The molecule has 3 amide bonds. The van der Waals surface area contributed by atoms with Crippen molar-refractivity contribution in [3.63, 3.8) is 0 Å². The van der Waals surface area contributed by atoms with E-state index in [0.29, 0.717) is 44.4 Å². The molecule has 2 saturated heterocycles. The molecule has 3 N–H and O–H groups in total. The number of imide groups is 1. The lowest BCUT2D eigenvalue weighted by atomic mass is 9.46. The highest BCUT2D eigenvalue weighted by atomic mass is 19.1. The smallest absolute Gasteiger partial charge is 0.322 e. The number of rotatable bonds is 3. The van der Waals surface area contributed by atoms with Crippen LogP contribution < -0.4 is 15.4 Å². The van der Waals surface area contributed by atoms with Gasteiger partial charge in [0.25, 0.3) is 5.91 Å². The van der Waals surface area contributed by atoms with Gasteiger partial charge in [-0.25, -0.2) is 9.18 Å². The van der Waals surface area contributed by atoms with Crippen molar-refractivity contribution in [2.45, 2.75) is 54.7 Å². The first-order chi connectivity index (χ1) is 13.9. The van der Waals surface area contributed by atoms with Gasteiger partial charge in [0.1, 0.15) is 18.0 Å². The molecule has 156 valence electrons. The molecule has 5 rings (SSSR count). The number of amides is 3. The van der Waals surface area contributed by atoms with E-state index in [1.807, 2.05) is 18.2 Å². The topological polar surface area (TPSA) is 90.9 Å². The van der Waals surface area contributed by atoms with Crippen LogP contribution in [-0.2, 0) is 16.6 Å². The van der Waals surface area contributed by atoms with Crippen molar-refractivity contribution in [3.8, 4) is 5.75 Å². The Morgan fingerprint density at radius 1 is 1.31 bits per heavy atom. The van der Waals surface area contributed by atoms with Crippen molar-refractivity contribution in [1.82, 2.24) is 15.5 Å². The zero-order valence-electron chi connectivity index (χ0n) is 16.5. The summed E-state index contributed by atoms with van der Waals surface area (Å²) in [5.41, 5.74) is -0.749. The molecule has 1 aromatic rings. The minimum absolute atomic E-state index is 0.217. The third kappa shape index (κ3) is 2.36. The lowest BCUT2D eigenvalue weighted by Gasteiger charge is -2.65. The zero-order valence-corrected chi connectivity index (χ0v) is 16.5. The minimum Gasteiger partial charge on any atom is -0.497 e. The molecule has 2 aliphatic carbocycles. The predicted molar refractivity (Wildman–Crippen MR) is 103 cm³/mol. The highest BCUT2D eigenvalue weighted by Gasteiger charge is 2.69. The highest BCUT2D eigenvalue weighted by molar-refractivity contribution is 6.07. The second-order valence-electron chi connectivity index (χ2n) is 8.89. The number of halogens is 1. The van der Waals surface area contributed by atoms with E-state index in [1.165, 1.54) is 0 Å². The van der Waals surface area contributed by atoms with Crippen LogP contribution in [0.2, 0.25) is 0 Å². The van der Waals surface area contributed by atoms with Gasteiger partial charge in [-0.3, -0.25) is 15.0 Å². The van der Waals surface area contributed by atoms with Crippen molar-refractivity contribution in [2.75, 3.05) is 26.9 Å². The molecule has 8 heteroatoms. The number of hydrogen-bond acceptors (Lipinski definition) is 5. The van der Waals surface area contributed by atoms with Crippen LogP contribution in [0.5, 0.6) is 5.75 Å². The van der Waals surface area contributed by atoms with Crippen LogP contribution in [0, 0.1) is 0 Å². The summed E-state index contributed by atoms with van der Waals surface area (Å²) in [7, 11) is 1.61. The standard InChI is InChI=1S/C21H26FN3O4/c1-29-14-3-2-13-10-16-21(28)5-4-20(17(26)23-18(27)24-20)12-19(21,15(13)11-14)6-8-25(16)9-7-22/h2-3,11,16,28H,4-10,12H2,1H3,(H2,23,24,26,27)/t16-,19-,20+,21-/m1/s1. The van der Waals surface area contributed by atoms with E-state index < -0.39 is 29.3 Å². The Labute approximate surface area is 168 Å². The van der Waals surface area contributed by atoms with Gasteiger partial charge in [-0.05, 0) is 61.9 Å². The summed E-state index contributed by atoms with van der Waals surface area (Å²) >= 11 is 0. The molecule has 2 aliphatic heterocycles. The van der Waals surface area contributed by atoms with Crippen LogP contribution in [-0.4, -0.2) is 66.0 Å². The van der Waals surface area contributed by atoms with Crippen molar-refractivity contribution in [2.24, 2.45) is 0 Å². The maximum absolute atomic E-state index is 13.2. The Hall–Kier alpha value is -2.19. The molecule has 29 heavy (non-hydrogen) atoms. The monoisotopic (exact) mass is 403 g/mol. The number of carbonyl (C=O) groups excluding carboxylic acids is 2. The van der Waals surface area contributed by atoms with E-state index >= 15 is 0 Å². The fourth-order valence-corrected chi connectivity index (χ4v) is 6.46. The number of methoxy groups -OCH3 is 1. The molecule has 7 nitrogen and oxygen atoms in total. The SMILES string of the molecule is COc1ccc2c(c1)[C@]13CCN(CCF)[C@H](C2)[C@]1(O)CC[C@@]1(C3)NC(=O)NC1=O. The summed E-state index contributed by atoms with van der Waals surface area (Å²) in [4.78, 5) is 26.7. The lowest BCUT2D eigenvalue weighted by Crippen LogP contribution is -2.76. The number of piperidine rings is 1. The molecule has 2 bridgehead atoms. The molecule has 4 aliphatic rings. The average molecular weight is 403 g/mol. The van der Waals surface area contributed by atoms with Gasteiger partial charge in [0.2, 0.25) is 0 Å². The van der Waals surface area contributed by atoms with Crippen molar-refractivity contribution >= 4 is 11.9 Å². The Kier molecular flexibility index (Phi) is 3.99. The largest absolute Gasteiger partial charge is 0.497 e. The predicted octanol–water partition coefficient (Wildman–Crippen LogP) is 1.03. The third-order valence-electron chi connectivity index (χ3n) is 7.82. The van der Waals surface area contributed by atoms with E-state index in [1.54, 1.807) is 7.11 Å². The van der Waals surface area contributed by atoms with E-state index in [2.05, 4.69) is 15.5 Å². The normalized spacial score (nSPS) is 38.2. The van der Waals surface area contributed by atoms with Gasteiger partial charge >= 0.3 is 6.03 Å². The van der Waals surface area contributed by atoms with Crippen LogP contribution in [0.1, 0.15) is 36.8 Å². The summed E-state index contributed by atoms with van der Waals surface area (Å²) in [6.45, 7) is 0.466. The first-order valence-corrected chi connectivity index (χ1v) is 10.2. The van der Waals surface area contributed by atoms with Crippen molar-refractivity contribution in [3.05, 3.63) is 29.3 Å². The number of fused-ring (bicyclic) bond motifs is 1. The number of benzene rings is 1. The van der Waals surface area contributed by atoms with Crippen LogP contribution in [0.3, 0.4) is 0 Å². The Morgan fingerprint density at radius 3 is 2.83 bits per heavy atom. The second kappa shape index (κ2) is 6.15. The van der Waals surface area contributed by atoms with Gasteiger partial charge < -0.3 is 15.2 Å². The molecular formula is C21H26FN3O4. The molecule has 1 saturated carbocycles. The third-order valence-corrected chi connectivity index (χ3v) is 7.82. The molecule has 0 radical (unpaired) electrons. The first kappa shape index (κ1) is 18.8. The average Bonchev–Trinajstić information content (AvgIpc) is 2.97. The van der Waals surface area contributed by atoms with Gasteiger partial charge in [0, 0.05) is 18.0 Å². The molecule has 4 atom stereocenters. The Balaban J connectivity index is 1.68. The fraction of sp³-hybridized carbons (Fsp3) is 0.619. The van der Waals surface area contributed by atoms with E-state index in [9.17, 15) is 19.1 Å². The number of aliphatic hydroxyl groups is 1. The van der Waals surface area contributed by atoms with Crippen molar-refractivity contribution < 1.29 is 23.8 Å². The number of nitrogens with zero attached hydrogens (tertiary/aromatic N) is 1. The number of alkyl halides is 1. The number of carbonyl (C=O) groups is 2. The second-order valence-corrected chi connectivity index (χ2v) is 8.89. The molecule has 1 spiro atoms. The Morgan fingerprint density at radius 2 is 2.14 bits per heavy atom. The zero-order chi connectivity index (χ0) is 20.4. The van der Waals surface area contributed by atoms with Crippen molar-refractivity contribution in [1.29, 1.82) is 0 Å². The van der Waals surface area contributed by atoms with E-state index in [-0.39, 0.29) is 18.5 Å². The molecule has 2 heterocycles. The minimum atomic E-state index is -1.10. The van der Waals surface area contributed by atoms with Crippen LogP contribution in [0.4, 0.5) is 9.18 Å². The number of urea groups is 1. The van der Waals surface area contributed by atoms with Crippen LogP contribution >= 0.6 is 0 Å². The number of nitrogens with one attached hydrogen (secondary N) is 2. The van der Waals surface area contributed by atoms with Gasteiger partial charge in [-0.15, -0.1) is 0 Å². The Bertz CT molecular complexity index is 895. The van der Waals surface area contributed by atoms with E-state index in [4.69, 9.17) is 4.74 Å². The summed E-state index contributed by atoms with van der Waals surface area (Å²) in [5.74, 6) is 0.376. The van der Waals surface area contributed by atoms with Gasteiger partial charge in [-0.2, -0.15) is 0 Å². The quantitative estimate of drug-likeness (QED) is 0.656.